The number of aromatic nitrogens is 3. The topological polar surface area (TPSA) is 52.2 Å². The zero-order valence-corrected chi connectivity index (χ0v) is 18.0. The molecule has 2 atom stereocenters. The first-order chi connectivity index (χ1) is 13.4. The van der Waals surface area contributed by atoms with E-state index in [9.17, 15) is 4.79 Å². The van der Waals surface area contributed by atoms with E-state index in [0.29, 0.717) is 15.7 Å². The van der Waals surface area contributed by atoms with Crippen LogP contribution in [-0.4, -0.2) is 39.9 Å². The van der Waals surface area contributed by atoms with Crippen molar-refractivity contribution in [2.45, 2.75) is 30.3 Å². The smallest absolute Gasteiger partial charge is 0.196 e. The summed E-state index contributed by atoms with van der Waals surface area (Å²) in [6.45, 7) is 4.01. The molecule has 1 aromatic heterocycles. The highest BCUT2D eigenvalue weighted by Gasteiger charge is 2.26. The van der Waals surface area contributed by atoms with E-state index in [1.54, 1.807) is 0 Å². The minimum absolute atomic E-state index is 0.0732. The number of hydrogen-bond acceptors (Lipinski definition) is 4. The fourth-order valence-corrected chi connectivity index (χ4v) is 3.86. The Labute approximate surface area is 174 Å². The van der Waals surface area contributed by atoms with E-state index >= 15 is 0 Å². The average molecular weight is 416 g/mol. The van der Waals surface area contributed by atoms with Gasteiger partial charge in [0.05, 0.1) is 19.3 Å². The highest BCUT2D eigenvalue weighted by molar-refractivity contribution is 8.00. The molecule has 1 N–H and O–H groups in total. The second kappa shape index (κ2) is 8.90. The lowest BCUT2D eigenvalue weighted by molar-refractivity contribution is -0.890. The van der Waals surface area contributed by atoms with Crippen LogP contribution in [0, 0.1) is 0 Å². The molecule has 1 heterocycles. The highest BCUT2D eigenvalue weighted by Crippen LogP contribution is 2.29. The molecular formula is C21H24ClN4OS+. The molecular weight excluding hydrogens is 392 g/mol. The maximum atomic E-state index is 12.8. The van der Waals surface area contributed by atoms with Crippen molar-refractivity contribution >= 4 is 29.1 Å². The minimum Gasteiger partial charge on any atom is -0.331 e. The van der Waals surface area contributed by atoms with E-state index in [0.717, 1.165) is 11.5 Å². The van der Waals surface area contributed by atoms with Crippen LogP contribution in [0.1, 0.15) is 36.1 Å². The maximum Gasteiger partial charge on any atom is 0.196 e. The number of benzene rings is 2. The van der Waals surface area contributed by atoms with Gasteiger partial charge in [0.15, 0.2) is 16.8 Å². The third-order valence-electron chi connectivity index (χ3n) is 4.71. The number of hydrogen-bond donors (Lipinski definition) is 1. The first kappa shape index (κ1) is 20.6. The summed E-state index contributed by atoms with van der Waals surface area (Å²) in [4.78, 5) is 14.0. The number of thioether (sulfide) groups is 1. The van der Waals surface area contributed by atoms with Gasteiger partial charge in [-0.3, -0.25) is 9.36 Å². The van der Waals surface area contributed by atoms with Crippen molar-refractivity contribution in [3.05, 3.63) is 71.0 Å². The molecule has 0 bridgehead atoms. The third-order valence-corrected chi connectivity index (χ3v) is 6.00. The van der Waals surface area contributed by atoms with Crippen molar-refractivity contribution in [1.29, 1.82) is 0 Å². The summed E-state index contributed by atoms with van der Waals surface area (Å²) in [5, 5.41) is 9.94. The Kier molecular flexibility index (Phi) is 6.54. The van der Waals surface area contributed by atoms with Crippen molar-refractivity contribution < 1.29 is 9.69 Å². The number of rotatable bonds is 7. The first-order valence-electron chi connectivity index (χ1n) is 9.15. The monoisotopic (exact) mass is 415 g/mol. The zero-order chi connectivity index (χ0) is 20.3. The number of halogens is 1. The fourth-order valence-electron chi connectivity index (χ4n) is 2.78. The van der Waals surface area contributed by atoms with Gasteiger partial charge >= 0.3 is 0 Å². The average Bonchev–Trinajstić information content (AvgIpc) is 3.11. The van der Waals surface area contributed by atoms with Gasteiger partial charge in [-0.15, -0.1) is 10.2 Å². The molecule has 0 unspecified atom stereocenters. The zero-order valence-electron chi connectivity index (χ0n) is 16.4. The van der Waals surface area contributed by atoms with Crippen LogP contribution in [0.3, 0.4) is 0 Å². The van der Waals surface area contributed by atoms with Crippen LogP contribution in [-0.2, 0) is 0 Å². The number of Topliss-reactive ketones (excluding diaryl/α,β-unsaturated/α-hetero) is 1. The predicted molar refractivity (Wildman–Crippen MR) is 114 cm³/mol. The minimum atomic E-state index is -0.285. The van der Waals surface area contributed by atoms with Crippen LogP contribution in [0.25, 0.3) is 5.69 Å². The third kappa shape index (κ3) is 4.46. The number of nitrogens with zero attached hydrogens (tertiary/aromatic N) is 3. The van der Waals surface area contributed by atoms with Gasteiger partial charge in [0, 0.05) is 16.3 Å². The van der Waals surface area contributed by atoms with Gasteiger partial charge < -0.3 is 4.90 Å². The summed E-state index contributed by atoms with van der Waals surface area (Å²) in [6.07, 6.45) is 0. The Bertz CT molecular complexity index is 941. The quantitative estimate of drug-likeness (QED) is 0.474. The molecule has 0 aliphatic heterocycles. The van der Waals surface area contributed by atoms with E-state index in [-0.39, 0.29) is 17.1 Å². The van der Waals surface area contributed by atoms with Gasteiger partial charge in [-0.25, -0.2) is 0 Å². The number of carbonyl (C=O) groups excluding carboxylic acids is 1. The molecule has 0 aliphatic rings. The molecule has 146 valence electrons. The van der Waals surface area contributed by atoms with E-state index in [1.165, 1.54) is 16.7 Å². The Hall–Kier alpha value is -2.15. The summed E-state index contributed by atoms with van der Waals surface area (Å²) in [5.41, 5.74) is 1.63. The van der Waals surface area contributed by atoms with Gasteiger partial charge in [0.1, 0.15) is 6.04 Å². The Balaban J connectivity index is 1.96. The molecule has 3 rings (SSSR count). The van der Waals surface area contributed by atoms with Crippen LogP contribution >= 0.6 is 23.4 Å². The van der Waals surface area contributed by atoms with Gasteiger partial charge in [0.25, 0.3) is 0 Å². The lowest BCUT2D eigenvalue weighted by Crippen LogP contribution is -3.05. The molecule has 3 aromatic rings. The van der Waals surface area contributed by atoms with Crippen molar-refractivity contribution in [3.8, 4) is 5.69 Å². The summed E-state index contributed by atoms with van der Waals surface area (Å²) < 4.78 is 2.02. The number of nitrogens with one attached hydrogen (secondary N) is 1. The molecule has 5 nitrogen and oxygen atoms in total. The van der Waals surface area contributed by atoms with Crippen LogP contribution in [0.2, 0.25) is 5.02 Å². The summed E-state index contributed by atoms with van der Waals surface area (Å²) >= 11 is 7.48. The number of ketones is 1. The van der Waals surface area contributed by atoms with Crippen molar-refractivity contribution in [3.63, 3.8) is 0 Å². The predicted octanol–water partition coefficient (Wildman–Crippen LogP) is 3.49. The van der Waals surface area contributed by atoms with E-state index in [2.05, 4.69) is 31.2 Å². The Morgan fingerprint density at radius 2 is 1.68 bits per heavy atom. The SMILES string of the molecule is C[C@H](Sc1nnc([C@H](C)[NH+](C)C)n1-c1ccc(Cl)cc1)C(=O)c1ccccc1. The maximum absolute atomic E-state index is 12.8. The Morgan fingerprint density at radius 1 is 1.04 bits per heavy atom. The molecule has 28 heavy (non-hydrogen) atoms. The van der Waals surface area contributed by atoms with Crippen LogP contribution < -0.4 is 4.90 Å². The Morgan fingerprint density at radius 3 is 2.29 bits per heavy atom. The summed E-state index contributed by atoms with van der Waals surface area (Å²) in [5.74, 6) is 0.924. The molecule has 0 radical (unpaired) electrons. The largest absolute Gasteiger partial charge is 0.331 e. The van der Waals surface area contributed by atoms with Crippen molar-refractivity contribution in [1.82, 2.24) is 14.8 Å². The van der Waals surface area contributed by atoms with E-state index < -0.39 is 0 Å². The molecule has 0 saturated carbocycles. The summed E-state index contributed by atoms with van der Waals surface area (Å²) in [6, 6.07) is 17.1. The van der Waals surface area contributed by atoms with Crippen LogP contribution in [0.15, 0.2) is 59.8 Å². The van der Waals surface area contributed by atoms with Gasteiger partial charge in [-0.05, 0) is 38.1 Å². The van der Waals surface area contributed by atoms with Crippen LogP contribution in [0.4, 0.5) is 0 Å². The molecule has 7 heteroatoms. The number of carbonyl (C=O) groups is 1. The fraction of sp³-hybridized carbons (Fsp3) is 0.286. The molecule has 0 fully saturated rings. The van der Waals surface area contributed by atoms with Crippen LogP contribution in [0.5, 0.6) is 0 Å². The summed E-state index contributed by atoms with van der Waals surface area (Å²) in [7, 11) is 4.17. The molecule has 0 saturated heterocycles. The van der Waals surface area contributed by atoms with Crippen molar-refractivity contribution in [2.75, 3.05) is 14.1 Å². The van der Waals surface area contributed by atoms with Gasteiger partial charge in [-0.2, -0.15) is 0 Å². The normalized spacial score (nSPS) is 13.5. The molecule has 0 amide bonds. The van der Waals surface area contributed by atoms with Gasteiger partial charge in [0.2, 0.25) is 0 Å². The van der Waals surface area contributed by atoms with E-state index in [1.807, 2.05) is 66.1 Å². The lowest BCUT2D eigenvalue weighted by atomic mass is 10.1. The number of quaternary nitrogens is 1. The van der Waals surface area contributed by atoms with E-state index in [4.69, 9.17) is 11.6 Å². The van der Waals surface area contributed by atoms with Gasteiger partial charge in [-0.1, -0.05) is 53.7 Å². The first-order valence-corrected chi connectivity index (χ1v) is 10.4. The van der Waals surface area contributed by atoms with Crippen molar-refractivity contribution in [2.24, 2.45) is 0 Å². The second-order valence-electron chi connectivity index (χ2n) is 6.94. The molecule has 0 aliphatic carbocycles. The second-order valence-corrected chi connectivity index (χ2v) is 8.69. The lowest BCUT2D eigenvalue weighted by Gasteiger charge is -2.18. The molecule has 0 spiro atoms. The standard InChI is InChI=1S/C21H23ClN4OS/c1-14(25(3)4)20-23-24-21(26(20)18-12-10-17(22)11-13-18)28-15(2)19(27)16-8-6-5-7-9-16/h5-15H,1-4H3/p+1/t14-,15-/m0/s1. The highest BCUT2D eigenvalue weighted by atomic mass is 35.5. The molecule has 2 aromatic carbocycles.